The molecule has 0 radical (unpaired) electrons. The number of hydrogen-bond donors (Lipinski definition) is 1. The fourth-order valence-corrected chi connectivity index (χ4v) is 0.986. The lowest BCUT2D eigenvalue weighted by atomic mass is 10.3. The van der Waals surface area contributed by atoms with Gasteiger partial charge in [0.2, 0.25) is 0 Å². The highest BCUT2D eigenvalue weighted by Gasteiger charge is 1.88. The number of halogens is 1. The summed E-state index contributed by atoms with van der Waals surface area (Å²) in [6, 6.07) is 7.51. The smallest absolute Gasteiger partial charge is 0.172 e. The molecule has 0 saturated carbocycles. The van der Waals surface area contributed by atoms with Crippen LogP contribution in [0.5, 0.6) is 0 Å². The van der Waals surface area contributed by atoms with Crippen LogP contribution in [0, 0.1) is 0 Å². The molecule has 0 heterocycles. The summed E-state index contributed by atoms with van der Waals surface area (Å²) in [6.07, 6.45) is 1.24. The van der Waals surface area contributed by atoms with Gasteiger partial charge in [-0.1, -0.05) is 15.9 Å². The van der Waals surface area contributed by atoms with Crippen LogP contribution in [0.2, 0.25) is 0 Å². The van der Waals surface area contributed by atoms with Crippen molar-refractivity contribution >= 4 is 33.6 Å². The van der Waals surface area contributed by atoms with Crippen LogP contribution in [0.4, 0.5) is 5.69 Å². The summed E-state index contributed by atoms with van der Waals surface area (Å²) in [6.45, 7) is 1.45. The maximum Gasteiger partial charge on any atom is 0.172 e. The van der Waals surface area contributed by atoms with Gasteiger partial charge >= 0.3 is 0 Å². The third kappa shape index (κ3) is 3.85. The minimum Gasteiger partial charge on any atom is -0.293 e. The second-order valence-corrected chi connectivity index (χ2v) is 3.40. The van der Waals surface area contributed by atoms with Crippen molar-refractivity contribution < 1.29 is 4.79 Å². The maximum atomic E-state index is 10.5. The van der Waals surface area contributed by atoms with E-state index in [2.05, 4.69) is 26.5 Å². The van der Waals surface area contributed by atoms with E-state index in [1.165, 1.54) is 13.1 Å². The van der Waals surface area contributed by atoms with Gasteiger partial charge in [0, 0.05) is 11.4 Å². The van der Waals surface area contributed by atoms with Crippen molar-refractivity contribution in [2.24, 2.45) is 5.10 Å². The fourth-order valence-electron chi connectivity index (χ4n) is 0.722. The third-order valence-electron chi connectivity index (χ3n) is 1.28. The molecule has 0 aliphatic rings. The van der Waals surface area contributed by atoms with E-state index in [4.69, 9.17) is 0 Å². The quantitative estimate of drug-likeness (QED) is 0.652. The Morgan fingerprint density at radius 1 is 1.46 bits per heavy atom. The predicted octanol–water partition coefficient (Wildman–Crippen LogP) is 2.44. The average Bonchev–Trinajstić information content (AvgIpc) is 2.08. The monoisotopic (exact) mass is 240 g/mol. The first-order valence-corrected chi connectivity index (χ1v) is 4.53. The molecular formula is C9H9BrN2O. The van der Waals surface area contributed by atoms with Gasteiger partial charge in [-0.3, -0.25) is 10.2 Å². The number of hydrazone groups is 1. The summed E-state index contributed by atoms with van der Waals surface area (Å²) in [7, 11) is 0. The number of carbonyl (C=O) groups excluding carboxylic acids is 1. The molecule has 1 N–H and O–H groups in total. The Hall–Kier alpha value is -1.16. The number of Topliss-reactive ketones (excluding diaryl/α,β-unsaturated/α-hetero) is 1. The molecule has 0 saturated heterocycles. The zero-order valence-electron chi connectivity index (χ0n) is 7.12. The molecular weight excluding hydrogens is 232 g/mol. The molecule has 0 aliphatic carbocycles. The Morgan fingerprint density at radius 2 is 2.08 bits per heavy atom. The Morgan fingerprint density at radius 3 is 2.62 bits per heavy atom. The van der Waals surface area contributed by atoms with E-state index in [0.717, 1.165) is 10.2 Å². The lowest BCUT2D eigenvalue weighted by Gasteiger charge is -1.98. The third-order valence-corrected chi connectivity index (χ3v) is 1.81. The van der Waals surface area contributed by atoms with Crippen LogP contribution in [0.1, 0.15) is 6.92 Å². The van der Waals surface area contributed by atoms with Crippen LogP contribution in [-0.4, -0.2) is 12.0 Å². The molecule has 13 heavy (non-hydrogen) atoms. The number of ketones is 1. The number of carbonyl (C=O) groups is 1. The number of nitrogens with zero attached hydrogens (tertiary/aromatic N) is 1. The van der Waals surface area contributed by atoms with E-state index in [9.17, 15) is 4.79 Å². The van der Waals surface area contributed by atoms with E-state index in [0.29, 0.717) is 0 Å². The van der Waals surface area contributed by atoms with Crippen LogP contribution < -0.4 is 5.43 Å². The molecule has 4 heteroatoms. The van der Waals surface area contributed by atoms with Gasteiger partial charge in [-0.15, -0.1) is 0 Å². The van der Waals surface area contributed by atoms with Gasteiger partial charge in [-0.2, -0.15) is 5.10 Å². The van der Waals surface area contributed by atoms with Crippen LogP contribution in [0.3, 0.4) is 0 Å². The van der Waals surface area contributed by atoms with E-state index >= 15 is 0 Å². The van der Waals surface area contributed by atoms with Crippen molar-refractivity contribution in [3.63, 3.8) is 0 Å². The molecule has 0 spiro atoms. The average molecular weight is 241 g/mol. The SMILES string of the molecule is CC(=O)C=NNc1ccc(Br)cc1. The van der Waals surface area contributed by atoms with Crippen LogP contribution in [0.15, 0.2) is 33.8 Å². The summed E-state index contributed by atoms with van der Waals surface area (Å²) in [5.74, 6) is -0.0791. The Kier molecular flexibility index (Phi) is 3.64. The topological polar surface area (TPSA) is 41.5 Å². The molecule has 1 aromatic carbocycles. The fraction of sp³-hybridized carbons (Fsp3) is 0.111. The molecule has 0 aromatic heterocycles. The summed E-state index contributed by atoms with van der Waals surface area (Å²) < 4.78 is 1.01. The van der Waals surface area contributed by atoms with E-state index in [1.807, 2.05) is 24.3 Å². The summed E-state index contributed by atoms with van der Waals surface area (Å²) in [5.41, 5.74) is 3.58. The normalized spacial score (nSPS) is 10.3. The van der Waals surface area contributed by atoms with Gasteiger partial charge in [0.05, 0.1) is 11.9 Å². The number of rotatable bonds is 3. The first kappa shape index (κ1) is 9.92. The number of hydrogen-bond acceptors (Lipinski definition) is 3. The van der Waals surface area contributed by atoms with Gasteiger partial charge in [0.1, 0.15) is 0 Å². The lowest BCUT2D eigenvalue weighted by molar-refractivity contribution is -0.110. The van der Waals surface area contributed by atoms with Gasteiger partial charge in [0.25, 0.3) is 0 Å². The van der Waals surface area contributed by atoms with E-state index in [-0.39, 0.29) is 5.78 Å². The molecule has 0 bridgehead atoms. The van der Waals surface area contributed by atoms with Crippen LogP contribution in [0.25, 0.3) is 0 Å². The molecule has 1 aromatic rings. The second-order valence-electron chi connectivity index (χ2n) is 2.49. The van der Waals surface area contributed by atoms with Crippen LogP contribution in [-0.2, 0) is 4.79 Å². The lowest BCUT2D eigenvalue weighted by Crippen LogP contribution is -1.95. The van der Waals surface area contributed by atoms with Crippen molar-refractivity contribution in [3.8, 4) is 0 Å². The minimum atomic E-state index is -0.0791. The van der Waals surface area contributed by atoms with Crippen molar-refractivity contribution in [1.29, 1.82) is 0 Å². The predicted molar refractivity (Wildman–Crippen MR) is 56.9 cm³/mol. The van der Waals surface area contributed by atoms with E-state index in [1.54, 1.807) is 0 Å². The molecule has 0 amide bonds. The second kappa shape index (κ2) is 4.77. The van der Waals surface area contributed by atoms with Gasteiger partial charge in [-0.05, 0) is 24.3 Å². The Bertz CT molecular complexity index is 319. The summed E-state index contributed by atoms with van der Waals surface area (Å²) >= 11 is 3.32. The van der Waals surface area contributed by atoms with Crippen LogP contribution >= 0.6 is 15.9 Å². The molecule has 0 unspecified atom stereocenters. The zero-order chi connectivity index (χ0) is 9.68. The molecule has 0 fully saturated rings. The molecule has 0 atom stereocenters. The van der Waals surface area contributed by atoms with Crippen molar-refractivity contribution in [3.05, 3.63) is 28.7 Å². The minimum absolute atomic E-state index is 0.0791. The van der Waals surface area contributed by atoms with Gasteiger partial charge < -0.3 is 0 Å². The first-order chi connectivity index (χ1) is 6.18. The van der Waals surface area contributed by atoms with Gasteiger partial charge in [0.15, 0.2) is 5.78 Å². The number of anilines is 1. The Labute approximate surface area is 85.0 Å². The molecule has 1 rings (SSSR count). The highest BCUT2D eigenvalue weighted by molar-refractivity contribution is 9.10. The number of benzene rings is 1. The summed E-state index contributed by atoms with van der Waals surface area (Å²) in [5, 5.41) is 3.73. The Balaban J connectivity index is 2.55. The standard InChI is InChI=1S/C9H9BrN2O/c1-7(13)6-11-12-9-4-2-8(10)3-5-9/h2-6,12H,1H3. The largest absolute Gasteiger partial charge is 0.293 e. The van der Waals surface area contributed by atoms with Crippen molar-refractivity contribution in [2.45, 2.75) is 6.92 Å². The molecule has 68 valence electrons. The number of nitrogens with one attached hydrogen (secondary N) is 1. The highest BCUT2D eigenvalue weighted by Crippen LogP contribution is 2.13. The van der Waals surface area contributed by atoms with Crippen molar-refractivity contribution in [2.75, 3.05) is 5.43 Å². The van der Waals surface area contributed by atoms with Crippen molar-refractivity contribution in [1.82, 2.24) is 0 Å². The molecule has 3 nitrogen and oxygen atoms in total. The zero-order valence-corrected chi connectivity index (χ0v) is 8.71. The molecule has 0 aliphatic heterocycles. The first-order valence-electron chi connectivity index (χ1n) is 3.73. The summed E-state index contributed by atoms with van der Waals surface area (Å²) in [4.78, 5) is 10.5. The maximum absolute atomic E-state index is 10.5. The van der Waals surface area contributed by atoms with E-state index < -0.39 is 0 Å². The van der Waals surface area contributed by atoms with Gasteiger partial charge in [-0.25, -0.2) is 0 Å². The highest BCUT2D eigenvalue weighted by atomic mass is 79.9.